The molecule has 1 aromatic rings. The van der Waals surface area contributed by atoms with Crippen LogP contribution in [0.4, 0.5) is 0 Å². The molecule has 0 bridgehead atoms. The minimum Gasteiger partial charge on any atom is -0.457 e. The third-order valence-electron chi connectivity index (χ3n) is 1.30. The molecule has 0 atom stereocenters. The Morgan fingerprint density at radius 3 is 2.79 bits per heavy atom. The summed E-state index contributed by atoms with van der Waals surface area (Å²) in [5.74, 6) is 0.268. The number of carbonyl (C=O) groups is 1. The Morgan fingerprint density at radius 2 is 2.29 bits per heavy atom. The summed E-state index contributed by atoms with van der Waals surface area (Å²) in [6.45, 7) is 5.48. The lowest BCUT2D eigenvalue weighted by Gasteiger charge is -2.17. The van der Waals surface area contributed by atoms with E-state index >= 15 is 0 Å². The van der Waals surface area contributed by atoms with Crippen molar-refractivity contribution in [1.29, 1.82) is 0 Å². The van der Waals surface area contributed by atoms with Gasteiger partial charge in [0.25, 0.3) is 0 Å². The van der Waals surface area contributed by atoms with Gasteiger partial charge >= 0.3 is 5.97 Å². The largest absolute Gasteiger partial charge is 0.457 e. The summed E-state index contributed by atoms with van der Waals surface area (Å²) in [4.78, 5) is 18.0. The van der Waals surface area contributed by atoms with E-state index in [0.717, 1.165) is 0 Å². The van der Waals surface area contributed by atoms with Gasteiger partial charge in [0.2, 0.25) is 0 Å². The van der Waals surface area contributed by atoms with E-state index in [-0.39, 0.29) is 5.97 Å². The number of nitrogens with zero attached hydrogens (tertiary/aromatic N) is 1. The molecule has 0 unspecified atom stereocenters. The van der Waals surface area contributed by atoms with Gasteiger partial charge in [0, 0.05) is 18.5 Å². The van der Waals surface area contributed by atoms with E-state index in [1.165, 1.54) is 6.08 Å². The second kappa shape index (κ2) is 4.09. The molecule has 0 aliphatic heterocycles. The van der Waals surface area contributed by atoms with Gasteiger partial charge in [-0.05, 0) is 26.8 Å². The Kier molecular flexibility index (Phi) is 3.06. The maximum Gasteiger partial charge on any atom is 0.331 e. The molecule has 0 radical (unpaired) electrons. The number of ether oxygens (including phenoxy) is 1. The number of H-pyrrole nitrogens is 1. The van der Waals surface area contributed by atoms with Crippen LogP contribution in [0, 0.1) is 0 Å². The van der Waals surface area contributed by atoms with Gasteiger partial charge in [-0.25, -0.2) is 9.78 Å². The normalized spacial score (nSPS) is 11.9. The fourth-order valence-corrected chi connectivity index (χ4v) is 0.851. The molecule has 0 aromatic carbocycles. The van der Waals surface area contributed by atoms with Gasteiger partial charge in [-0.15, -0.1) is 0 Å². The number of aromatic amines is 1. The second-order valence-corrected chi connectivity index (χ2v) is 3.84. The molecule has 0 aliphatic carbocycles. The molecule has 0 spiro atoms. The lowest BCUT2D eigenvalue weighted by atomic mass is 10.2. The third-order valence-corrected chi connectivity index (χ3v) is 1.30. The van der Waals surface area contributed by atoms with Crippen LogP contribution in [0.5, 0.6) is 0 Å². The fraction of sp³-hybridized carbons (Fsp3) is 0.400. The maximum atomic E-state index is 11.2. The molecule has 4 heteroatoms. The van der Waals surface area contributed by atoms with Crippen LogP contribution in [0.3, 0.4) is 0 Å². The molecule has 0 saturated heterocycles. The van der Waals surface area contributed by atoms with E-state index < -0.39 is 5.60 Å². The van der Waals surface area contributed by atoms with E-state index in [0.29, 0.717) is 5.82 Å². The molecular weight excluding hydrogens is 180 g/mol. The first-order valence-electron chi connectivity index (χ1n) is 4.38. The van der Waals surface area contributed by atoms with Crippen molar-refractivity contribution in [3.05, 3.63) is 24.3 Å². The van der Waals surface area contributed by atoms with Crippen molar-refractivity contribution >= 4 is 12.0 Å². The number of hydrogen-bond acceptors (Lipinski definition) is 3. The second-order valence-electron chi connectivity index (χ2n) is 3.84. The molecule has 4 nitrogen and oxygen atoms in total. The van der Waals surface area contributed by atoms with Crippen molar-refractivity contribution in [3.63, 3.8) is 0 Å². The van der Waals surface area contributed by atoms with Crippen LogP contribution in [0.15, 0.2) is 18.5 Å². The highest BCUT2D eigenvalue weighted by Gasteiger charge is 2.13. The molecule has 76 valence electrons. The van der Waals surface area contributed by atoms with Crippen molar-refractivity contribution in [3.8, 4) is 0 Å². The van der Waals surface area contributed by atoms with Crippen LogP contribution in [0.2, 0.25) is 0 Å². The molecule has 14 heavy (non-hydrogen) atoms. The Labute approximate surface area is 83.0 Å². The third kappa shape index (κ3) is 3.89. The number of carbonyl (C=O) groups excluding carboxylic acids is 1. The van der Waals surface area contributed by atoms with Crippen LogP contribution in [-0.4, -0.2) is 21.5 Å². The number of aromatic nitrogens is 2. The summed E-state index contributed by atoms with van der Waals surface area (Å²) < 4.78 is 5.07. The number of nitrogens with one attached hydrogen (secondary N) is 1. The molecule has 0 amide bonds. The van der Waals surface area contributed by atoms with Crippen LogP contribution in [-0.2, 0) is 9.53 Å². The predicted octanol–water partition coefficient (Wildman–Crippen LogP) is 1.76. The summed E-state index contributed by atoms with van der Waals surface area (Å²) in [5, 5.41) is 0. The summed E-state index contributed by atoms with van der Waals surface area (Å²) in [5.41, 5.74) is -0.454. The molecule has 0 saturated carbocycles. The molecule has 1 rings (SSSR count). The number of hydrogen-bond donors (Lipinski definition) is 1. The van der Waals surface area contributed by atoms with Crippen molar-refractivity contribution in [1.82, 2.24) is 9.97 Å². The first-order chi connectivity index (χ1) is 6.47. The van der Waals surface area contributed by atoms with E-state index in [9.17, 15) is 4.79 Å². The topological polar surface area (TPSA) is 55.0 Å². The number of esters is 1. The zero-order valence-corrected chi connectivity index (χ0v) is 8.57. The molecule has 0 fully saturated rings. The highest BCUT2D eigenvalue weighted by molar-refractivity contribution is 5.86. The number of rotatable bonds is 2. The minimum atomic E-state index is -0.454. The molecule has 1 aromatic heterocycles. The quantitative estimate of drug-likeness (QED) is 0.576. The Hall–Kier alpha value is -1.58. The zero-order valence-electron chi connectivity index (χ0n) is 8.57. The van der Waals surface area contributed by atoms with E-state index in [2.05, 4.69) is 9.97 Å². The highest BCUT2D eigenvalue weighted by Crippen LogP contribution is 2.07. The lowest BCUT2D eigenvalue weighted by Crippen LogP contribution is -2.22. The van der Waals surface area contributed by atoms with Crippen molar-refractivity contribution in [2.24, 2.45) is 0 Å². The van der Waals surface area contributed by atoms with Crippen LogP contribution >= 0.6 is 0 Å². The molecule has 1 N–H and O–H groups in total. The standard InChI is InChI=1S/C10H14N2O2/c1-10(2,3)14-9(13)5-4-8-11-6-7-12-8/h4-7H,1-3H3,(H,11,12)/b5-4+. The van der Waals surface area contributed by atoms with Crippen molar-refractivity contribution in [2.75, 3.05) is 0 Å². The monoisotopic (exact) mass is 194 g/mol. The Bertz CT molecular complexity index is 320. The fourth-order valence-electron chi connectivity index (χ4n) is 0.851. The van der Waals surface area contributed by atoms with Gasteiger partial charge in [0.1, 0.15) is 11.4 Å². The van der Waals surface area contributed by atoms with Gasteiger partial charge in [-0.1, -0.05) is 0 Å². The molecular formula is C10H14N2O2. The average Bonchev–Trinajstić information content (AvgIpc) is 2.49. The van der Waals surface area contributed by atoms with Crippen LogP contribution in [0.1, 0.15) is 26.6 Å². The summed E-state index contributed by atoms with van der Waals surface area (Å²) in [6, 6.07) is 0. The van der Waals surface area contributed by atoms with E-state index in [1.54, 1.807) is 18.5 Å². The molecule has 1 heterocycles. The molecule has 0 aliphatic rings. The van der Waals surface area contributed by atoms with Gasteiger partial charge in [-0.3, -0.25) is 0 Å². The van der Waals surface area contributed by atoms with Crippen LogP contribution in [0.25, 0.3) is 6.08 Å². The van der Waals surface area contributed by atoms with Gasteiger partial charge in [0.15, 0.2) is 0 Å². The van der Waals surface area contributed by atoms with Crippen LogP contribution < -0.4 is 0 Å². The summed E-state index contributed by atoms with van der Waals surface area (Å²) >= 11 is 0. The Morgan fingerprint density at radius 1 is 1.57 bits per heavy atom. The summed E-state index contributed by atoms with van der Waals surface area (Å²) in [6.07, 6.45) is 6.24. The maximum absolute atomic E-state index is 11.2. The minimum absolute atomic E-state index is 0.367. The average molecular weight is 194 g/mol. The number of imidazole rings is 1. The smallest absolute Gasteiger partial charge is 0.331 e. The predicted molar refractivity (Wildman–Crippen MR) is 53.5 cm³/mol. The summed E-state index contributed by atoms with van der Waals surface area (Å²) in [7, 11) is 0. The first-order valence-corrected chi connectivity index (χ1v) is 4.38. The Balaban J connectivity index is 2.49. The van der Waals surface area contributed by atoms with Gasteiger partial charge < -0.3 is 9.72 Å². The van der Waals surface area contributed by atoms with Gasteiger partial charge in [-0.2, -0.15) is 0 Å². The van der Waals surface area contributed by atoms with Crippen molar-refractivity contribution in [2.45, 2.75) is 26.4 Å². The lowest BCUT2D eigenvalue weighted by molar-refractivity contribution is -0.148. The SMILES string of the molecule is CC(C)(C)OC(=O)/C=C/c1ncc[nH]1. The van der Waals surface area contributed by atoms with Gasteiger partial charge in [0.05, 0.1) is 0 Å². The van der Waals surface area contributed by atoms with Crippen molar-refractivity contribution < 1.29 is 9.53 Å². The zero-order chi connectivity index (χ0) is 10.6. The van der Waals surface area contributed by atoms with E-state index in [4.69, 9.17) is 4.74 Å². The first kappa shape index (κ1) is 10.5. The van der Waals surface area contributed by atoms with E-state index in [1.807, 2.05) is 20.8 Å². The highest BCUT2D eigenvalue weighted by atomic mass is 16.6.